The molecule has 1 aromatic rings. The lowest BCUT2D eigenvalue weighted by atomic mass is 9.85. The molecule has 0 unspecified atom stereocenters. The van der Waals surface area contributed by atoms with Crippen molar-refractivity contribution in [2.75, 3.05) is 10.6 Å². The molecule has 0 bridgehead atoms. The van der Waals surface area contributed by atoms with Crippen molar-refractivity contribution in [3.8, 4) is 0 Å². The van der Waals surface area contributed by atoms with E-state index in [4.69, 9.17) is 0 Å². The van der Waals surface area contributed by atoms with Crippen molar-refractivity contribution < 1.29 is 19.4 Å². The number of amides is 2. The summed E-state index contributed by atoms with van der Waals surface area (Å²) < 4.78 is 0. The number of anilines is 2. The van der Waals surface area contributed by atoms with Crippen molar-refractivity contribution in [1.82, 2.24) is 0 Å². The average molecular weight is 418 g/mol. The Kier molecular flexibility index (Phi) is 6.96. The lowest BCUT2D eigenvalue weighted by Crippen LogP contribution is -2.33. The molecule has 2 N–H and O–H groups in total. The van der Waals surface area contributed by atoms with E-state index in [1.165, 1.54) is 0 Å². The van der Waals surface area contributed by atoms with Gasteiger partial charge in [0.05, 0.1) is 11.4 Å². The lowest BCUT2D eigenvalue weighted by molar-refractivity contribution is -0.526. The molecular weight excluding hydrogens is 392 g/mol. The molecule has 10 heteroatoms. The first-order valence-corrected chi connectivity index (χ1v) is 10.3. The number of carbonyl (C=O) groups excluding carboxylic acids is 2. The molecule has 1 aromatic carbocycles. The van der Waals surface area contributed by atoms with Gasteiger partial charge in [-0.1, -0.05) is 12.1 Å². The van der Waals surface area contributed by atoms with Crippen LogP contribution < -0.4 is 10.6 Å². The number of nitro groups is 2. The van der Waals surface area contributed by atoms with Crippen molar-refractivity contribution >= 4 is 23.2 Å². The van der Waals surface area contributed by atoms with Gasteiger partial charge in [0.25, 0.3) is 0 Å². The van der Waals surface area contributed by atoms with Crippen LogP contribution in [0.25, 0.3) is 0 Å². The van der Waals surface area contributed by atoms with Crippen LogP contribution in [0, 0.1) is 32.1 Å². The van der Waals surface area contributed by atoms with Gasteiger partial charge in [-0.3, -0.25) is 29.8 Å². The van der Waals surface area contributed by atoms with Crippen LogP contribution in [0.1, 0.15) is 51.4 Å². The topological polar surface area (TPSA) is 144 Å². The number of benzene rings is 1. The molecule has 2 aliphatic rings. The van der Waals surface area contributed by atoms with E-state index in [0.717, 1.165) is 0 Å². The average Bonchev–Trinajstić information content (AvgIpc) is 2.75. The standard InChI is InChI=1S/C20H26N4O6/c25-19(13-5-9-15(10-6-13)23(27)28)21-17-3-1-2-4-18(17)22-20(26)14-7-11-16(12-8-14)24(29)30/h1-4,13-16H,5-12H2,(H,21,25)(H,22,26). The molecule has 0 aromatic heterocycles. The summed E-state index contributed by atoms with van der Waals surface area (Å²) in [4.78, 5) is 46.5. The normalized spacial score (nSPS) is 26.4. The third-order valence-corrected chi connectivity index (χ3v) is 6.17. The Labute approximate surface area is 173 Å². The molecule has 2 saturated carbocycles. The van der Waals surface area contributed by atoms with E-state index < -0.39 is 12.1 Å². The zero-order valence-electron chi connectivity index (χ0n) is 16.6. The van der Waals surface area contributed by atoms with E-state index in [9.17, 15) is 29.8 Å². The third-order valence-electron chi connectivity index (χ3n) is 6.17. The summed E-state index contributed by atoms with van der Waals surface area (Å²) in [6.07, 6.45) is 3.40. The smallest absolute Gasteiger partial charge is 0.227 e. The van der Waals surface area contributed by atoms with Gasteiger partial charge in [-0.05, 0) is 37.8 Å². The SMILES string of the molecule is O=C(Nc1ccccc1NC(=O)C1CCC([N+](=O)[O-])CC1)C1CCC([N+](=O)[O-])CC1. The van der Waals surface area contributed by atoms with Gasteiger partial charge in [-0.2, -0.15) is 0 Å². The Hall–Kier alpha value is -3.04. The van der Waals surface area contributed by atoms with Crippen molar-refractivity contribution in [2.24, 2.45) is 11.8 Å². The summed E-state index contributed by atoms with van der Waals surface area (Å²) >= 11 is 0. The van der Waals surface area contributed by atoms with E-state index >= 15 is 0 Å². The zero-order valence-corrected chi connectivity index (χ0v) is 16.6. The fourth-order valence-corrected chi connectivity index (χ4v) is 4.27. The van der Waals surface area contributed by atoms with E-state index in [1.807, 2.05) is 0 Å². The second-order valence-electron chi connectivity index (χ2n) is 8.11. The summed E-state index contributed by atoms with van der Waals surface area (Å²) in [6.45, 7) is 0. The van der Waals surface area contributed by atoms with Crippen LogP contribution >= 0.6 is 0 Å². The number of rotatable bonds is 6. The molecule has 0 spiro atoms. The number of nitrogens with zero attached hydrogens (tertiary/aromatic N) is 2. The monoisotopic (exact) mass is 418 g/mol. The predicted molar refractivity (Wildman–Crippen MR) is 109 cm³/mol. The third kappa shape index (κ3) is 5.31. The molecule has 162 valence electrons. The number of hydrogen-bond acceptors (Lipinski definition) is 6. The van der Waals surface area contributed by atoms with Crippen LogP contribution in [-0.4, -0.2) is 33.7 Å². The first kappa shape index (κ1) is 21.7. The molecule has 0 saturated heterocycles. The maximum Gasteiger partial charge on any atom is 0.227 e. The second kappa shape index (κ2) is 9.64. The number of para-hydroxylation sites is 2. The van der Waals surface area contributed by atoms with Gasteiger partial charge in [0, 0.05) is 47.4 Å². The molecule has 10 nitrogen and oxygen atoms in total. The largest absolute Gasteiger partial charge is 0.324 e. The Balaban J connectivity index is 1.57. The van der Waals surface area contributed by atoms with Gasteiger partial charge < -0.3 is 10.6 Å². The molecule has 0 heterocycles. The predicted octanol–water partition coefficient (Wildman–Crippen LogP) is 3.23. The van der Waals surface area contributed by atoms with Gasteiger partial charge in [0.2, 0.25) is 23.9 Å². The number of carbonyl (C=O) groups is 2. The fourth-order valence-electron chi connectivity index (χ4n) is 4.27. The highest BCUT2D eigenvalue weighted by molar-refractivity contribution is 6.00. The van der Waals surface area contributed by atoms with Crippen LogP contribution in [0.5, 0.6) is 0 Å². The summed E-state index contributed by atoms with van der Waals surface area (Å²) in [7, 11) is 0. The first-order valence-electron chi connectivity index (χ1n) is 10.3. The maximum atomic E-state index is 12.6. The molecule has 0 radical (unpaired) electrons. The minimum atomic E-state index is -0.578. The van der Waals surface area contributed by atoms with Gasteiger partial charge in [0.1, 0.15) is 0 Å². The van der Waals surface area contributed by atoms with E-state index in [-0.39, 0.29) is 33.5 Å². The Bertz CT molecular complexity index is 746. The van der Waals surface area contributed by atoms with Crippen LogP contribution in [0.3, 0.4) is 0 Å². The van der Waals surface area contributed by atoms with E-state index in [2.05, 4.69) is 10.6 Å². The van der Waals surface area contributed by atoms with Gasteiger partial charge in [-0.15, -0.1) is 0 Å². The first-order chi connectivity index (χ1) is 14.3. The minimum Gasteiger partial charge on any atom is -0.324 e. The molecule has 0 aliphatic heterocycles. The molecular formula is C20H26N4O6. The van der Waals surface area contributed by atoms with Gasteiger partial charge in [0.15, 0.2) is 0 Å². The molecule has 3 rings (SSSR count). The van der Waals surface area contributed by atoms with Crippen LogP contribution in [0.4, 0.5) is 11.4 Å². The summed E-state index contributed by atoms with van der Waals surface area (Å²) in [5.74, 6) is -0.986. The van der Waals surface area contributed by atoms with Crippen molar-refractivity contribution in [3.63, 3.8) is 0 Å². The Morgan fingerprint density at radius 1 is 0.700 bits per heavy atom. The fraction of sp³-hybridized carbons (Fsp3) is 0.600. The van der Waals surface area contributed by atoms with Crippen molar-refractivity contribution in [3.05, 3.63) is 44.5 Å². The minimum absolute atomic E-state index is 0.204. The number of hydrogen-bond donors (Lipinski definition) is 2. The van der Waals surface area contributed by atoms with Gasteiger partial charge in [-0.25, -0.2) is 0 Å². The molecule has 0 atom stereocenters. The summed E-state index contributed by atoms with van der Waals surface area (Å²) in [6, 6.07) is 5.73. The second-order valence-corrected chi connectivity index (χ2v) is 8.11. The van der Waals surface area contributed by atoms with E-state index in [1.54, 1.807) is 24.3 Å². The highest BCUT2D eigenvalue weighted by atomic mass is 16.6. The van der Waals surface area contributed by atoms with E-state index in [0.29, 0.717) is 62.7 Å². The maximum absolute atomic E-state index is 12.6. The number of nitrogens with one attached hydrogen (secondary N) is 2. The van der Waals surface area contributed by atoms with Crippen LogP contribution in [-0.2, 0) is 9.59 Å². The van der Waals surface area contributed by atoms with Crippen molar-refractivity contribution in [2.45, 2.75) is 63.5 Å². The Morgan fingerprint density at radius 2 is 1.03 bits per heavy atom. The molecule has 30 heavy (non-hydrogen) atoms. The molecule has 2 amide bonds. The lowest BCUT2D eigenvalue weighted by Gasteiger charge is -2.25. The highest BCUT2D eigenvalue weighted by Gasteiger charge is 2.33. The Morgan fingerprint density at radius 3 is 1.33 bits per heavy atom. The quantitative estimate of drug-likeness (QED) is 0.536. The van der Waals surface area contributed by atoms with Crippen molar-refractivity contribution in [1.29, 1.82) is 0 Å². The summed E-state index contributed by atoms with van der Waals surface area (Å²) in [5.41, 5.74) is 0.956. The zero-order chi connectivity index (χ0) is 21.7. The molecule has 2 fully saturated rings. The molecule has 2 aliphatic carbocycles. The highest BCUT2D eigenvalue weighted by Crippen LogP contribution is 2.30. The van der Waals surface area contributed by atoms with Crippen LogP contribution in [0.2, 0.25) is 0 Å². The summed E-state index contributed by atoms with van der Waals surface area (Å²) in [5, 5.41) is 27.4. The van der Waals surface area contributed by atoms with Gasteiger partial charge >= 0.3 is 0 Å². The van der Waals surface area contributed by atoms with Crippen LogP contribution in [0.15, 0.2) is 24.3 Å².